The second kappa shape index (κ2) is 5.69. The fraction of sp³-hybridized carbons (Fsp3) is 0.375. The molecule has 1 aliphatic heterocycles. The van der Waals surface area contributed by atoms with Gasteiger partial charge in [0.25, 0.3) is 5.91 Å². The number of likely N-dealkylation sites (N-methyl/N-ethyl adjacent to an activating group) is 1. The van der Waals surface area contributed by atoms with Gasteiger partial charge in [-0.05, 0) is 18.1 Å². The molecule has 3 rings (SSSR count). The Hall–Kier alpha value is -2.14. The van der Waals surface area contributed by atoms with E-state index >= 15 is 0 Å². The maximum atomic E-state index is 12.3. The summed E-state index contributed by atoms with van der Waals surface area (Å²) in [5, 5.41) is 3.65. The summed E-state index contributed by atoms with van der Waals surface area (Å²) in [6.07, 6.45) is 2.32. The van der Waals surface area contributed by atoms with Crippen LogP contribution in [0.15, 0.2) is 35.0 Å². The average molecular weight is 286 g/mol. The second-order valence-corrected chi connectivity index (χ2v) is 5.39. The van der Waals surface area contributed by atoms with E-state index in [0.717, 1.165) is 6.42 Å². The van der Waals surface area contributed by atoms with Crippen LogP contribution in [-0.2, 0) is 17.8 Å². The zero-order chi connectivity index (χ0) is 14.8. The maximum Gasteiger partial charge on any atom is 0.258 e. The molecule has 5 nitrogen and oxygen atoms in total. The lowest BCUT2D eigenvalue weighted by molar-refractivity contribution is 0.00981. The summed E-state index contributed by atoms with van der Waals surface area (Å²) in [5.41, 5.74) is 3.04. The standard InChI is InChI=1S/C16H18N2O3/c1-11-15(8-17-21-11)16(19)18(2)9-14-7-12-5-3-4-6-13(12)10-20-14/h3-6,8,14H,7,9-10H2,1-2H3/t14-/m1/s1. The van der Waals surface area contributed by atoms with Crippen molar-refractivity contribution in [1.82, 2.24) is 10.1 Å². The van der Waals surface area contributed by atoms with Crippen molar-refractivity contribution >= 4 is 5.91 Å². The molecule has 21 heavy (non-hydrogen) atoms. The van der Waals surface area contributed by atoms with Gasteiger partial charge in [-0.3, -0.25) is 4.79 Å². The van der Waals surface area contributed by atoms with E-state index in [0.29, 0.717) is 24.5 Å². The summed E-state index contributed by atoms with van der Waals surface area (Å²) >= 11 is 0. The molecule has 1 aromatic carbocycles. The minimum Gasteiger partial charge on any atom is -0.371 e. The molecule has 0 saturated carbocycles. The summed E-state index contributed by atoms with van der Waals surface area (Å²) in [6.45, 7) is 2.90. The zero-order valence-corrected chi connectivity index (χ0v) is 12.2. The van der Waals surface area contributed by atoms with Crippen LogP contribution in [0, 0.1) is 6.92 Å². The Balaban J connectivity index is 1.65. The first-order valence-corrected chi connectivity index (χ1v) is 7.00. The van der Waals surface area contributed by atoms with Crippen LogP contribution >= 0.6 is 0 Å². The van der Waals surface area contributed by atoms with Crippen molar-refractivity contribution in [1.29, 1.82) is 0 Å². The van der Waals surface area contributed by atoms with Gasteiger partial charge in [-0.2, -0.15) is 0 Å². The van der Waals surface area contributed by atoms with E-state index in [1.54, 1.807) is 18.9 Å². The van der Waals surface area contributed by atoms with E-state index in [-0.39, 0.29) is 12.0 Å². The van der Waals surface area contributed by atoms with Crippen LogP contribution in [-0.4, -0.2) is 35.7 Å². The molecule has 1 aliphatic rings. The van der Waals surface area contributed by atoms with Gasteiger partial charge in [0.15, 0.2) is 0 Å². The first-order valence-electron chi connectivity index (χ1n) is 7.00. The Kier molecular flexibility index (Phi) is 3.75. The van der Waals surface area contributed by atoms with Crippen molar-refractivity contribution < 1.29 is 14.1 Å². The van der Waals surface area contributed by atoms with Crippen LogP contribution in [0.1, 0.15) is 27.2 Å². The molecule has 2 aromatic rings. The van der Waals surface area contributed by atoms with Crippen molar-refractivity contribution in [2.24, 2.45) is 0 Å². The lowest BCUT2D eigenvalue weighted by Gasteiger charge is -2.28. The van der Waals surface area contributed by atoms with Crippen molar-refractivity contribution in [3.63, 3.8) is 0 Å². The molecule has 0 aliphatic carbocycles. The fourth-order valence-electron chi connectivity index (χ4n) is 2.62. The normalized spacial score (nSPS) is 17.3. The Morgan fingerprint density at radius 3 is 2.86 bits per heavy atom. The number of aryl methyl sites for hydroxylation is 1. The third-order valence-electron chi connectivity index (χ3n) is 3.85. The summed E-state index contributed by atoms with van der Waals surface area (Å²) in [4.78, 5) is 14.0. The number of fused-ring (bicyclic) bond motifs is 1. The van der Waals surface area contributed by atoms with E-state index in [4.69, 9.17) is 9.26 Å². The van der Waals surface area contributed by atoms with Crippen LogP contribution < -0.4 is 0 Å². The van der Waals surface area contributed by atoms with Gasteiger partial charge in [-0.15, -0.1) is 0 Å². The largest absolute Gasteiger partial charge is 0.371 e. The predicted molar refractivity (Wildman–Crippen MR) is 76.9 cm³/mol. The van der Waals surface area contributed by atoms with E-state index in [9.17, 15) is 4.79 Å². The Bertz CT molecular complexity index is 650. The molecular formula is C16H18N2O3. The van der Waals surface area contributed by atoms with E-state index in [1.807, 2.05) is 12.1 Å². The van der Waals surface area contributed by atoms with Crippen molar-refractivity contribution in [2.75, 3.05) is 13.6 Å². The molecule has 0 fully saturated rings. The minimum atomic E-state index is -0.0868. The second-order valence-electron chi connectivity index (χ2n) is 5.39. The maximum absolute atomic E-state index is 12.3. The SMILES string of the molecule is Cc1oncc1C(=O)N(C)C[C@H]1Cc2ccccc2CO1. The molecule has 1 amide bonds. The number of ether oxygens (including phenoxy) is 1. The number of hydrogen-bond donors (Lipinski definition) is 0. The third-order valence-corrected chi connectivity index (χ3v) is 3.85. The van der Waals surface area contributed by atoms with Crippen LogP contribution in [0.2, 0.25) is 0 Å². The molecular weight excluding hydrogens is 268 g/mol. The van der Waals surface area contributed by atoms with Gasteiger partial charge in [0.1, 0.15) is 11.3 Å². The number of rotatable bonds is 3. The molecule has 0 spiro atoms. The predicted octanol–water partition coefficient (Wildman–Crippen LogP) is 2.20. The smallest absolute Gasteiger partial charge is 0.258 e. The first-order chi connectivity index (χ1) is 10.1. The minimum absolute atomic E-state index is 0.0222. The van der Waals surface area contributed by atoms with Gasteiger partial charge in [-0.1, -0.05) is 29.4 Å². The van der Waals surface area contributed by atoms with Gasteiger partial charge >= 0.3 is 0 Å². The van der Waals surface area contributed by atoms with E-state index < -0.39 is 0 Å². The number of nitrogens with zero attached hydrogens (tertiary/aromatic N) is 2. The average Bonchev–Trinajstić information content (AvgIpc) is 2.92. The zero-order valence-electron chi connectivity index (χ0n) is 12.2. The highest BCUT2D eigenvalue weighted by Gasteiger charge is 2.24. The van der Waals surface area contributed by atoms with Crippen LogP contribution in [0.3, 0.4) is 0 Å². The number of benzene rings is 1. The van der Waals surface area contributed by atoms with Crippen molar-refractivity contribution in [3.05, 3.63) is 52.9 Å². The number of carbonyl (C=O) groups excluding carboxylic acids is 1. The molecule has 0 saturated heterocycles. The molecule has 0 bridgehead atoms. The summed E-state index contributed by atoms with van der Waals surface area (Å²) in [5.74, 6) is 0.456. The lowest BCUT2D eigenvalue weighted by Crippen LogP contribution is -2.38. The molecule has 5 heteroatoms. The topological polar surface area (TPSA) is 55.6 Å². The summed E-state index contributed by atoms with van der Waals surface area (Å²) in [6, 6.07) is 8.27. The van der Waals surface area contributed by atoms with Crippen LogP contribution in [0.5, 0.6) is 0 Å². The number of amides is 1. The van der Waals surface area contributed by atoms with Gasteiger partial charge in [0, 0.05) is 20.0 Å². The number of hydrogen-bond acceptors (Lipinski definition) is 4. The van der Waals surface area contributed by atoms with Gasteiger partial charge < -0.3 is 14.2 Å². The molecule has 0 unspecified atom stereocenters. The number of carbonyl (C=O) groups is 1. The molecule has 0 N–H and O–H groups in total. The highest BCUT2D eigenvalue weighted by atomic mass is 16.5. The molecule has 0 radical (unpaired) electrons. The van der Waals surface area contributed by atoms with Gasteiger partial charge in [0.2, 0.25) is 0 Å². The molecule has 1 aromatic heterocycles. The highest BCUT2D eigenvalue weighted by Crippen LogP contribution is 2.21. The third kappa shape index (κ3) is 2.83. The fourth-order valence-corrected chi connectivity index (χ4v) is 2.62. The molecule has 1 atom stereocenters. The van der Waals surface area contributed by atoms with Gasteiger partial charge in [0.05, 0.1) is 18.9 Å². The van der Waals surface area contributed by atoms with E-state index in [2.05, 4.69) is 17.3 Å². The monoisotopic (exact) mass is 286 g/mol. The van der Waals surface area contributed by atoms with Gasteiger partial charge in [-0.25, -0.2) is 0 Å². The van der Waals surface area contributed by atoms with E-state index in [1.165, 1.54) is 17.3 Å². The molecule has 110 valence electrons. The van der Waals surface area contributed by atoms with Crippen LogP contribution in [0.25, 0.3) is 0 Å². The van der Waals surface area contributed by atoms with Crippen molar-refractivity contribution in [3.8, 4) is 0 Å². The number of aromatic nitrogens is 1. The lowest BCUT2D eigenvalue weighted by atomic mass is 9.99. The first kappa shape index (κ1) is 13.8. The highest BCUT2D eigenvalue weighted by molar-refractivity contribution is 5.94. The van der Waals surface area contributed by atoms with Crippen molar-refractivity contribution in [2.45, 2.75) is 26.1 Å². The Morgan fingerprint density at radius 1 is 1.38 bits per heavy atom. The quantitative estimate of drug-likeness (QED) is 0.868. The molecule has 2 heterocycles. The Morgan fingerprint density at radius 2 is 2.14 bits per heavy atom. The Labute approximate surface area is 123 Å². The summed E-state index contributed by atoms with van der Waals surface area (Å²) in [7, 11) is 1.78. The summed E-state index contributed by atoms with van der Waals surface area (Å²) < 4.78 is 10.8. The van der Waals surface area contributed by atoms with Crippen LogP contribution in [0.4, 0.5) is 0 Å².